The van der Waals surface area contributed by atoms with Crippen molar-refractivity contribution in [1.82, 2.24) is 4.98 Å². The van der Waals surface area contributed by atoms with Crippen LogP contribution in [0.3, 0.4) is 0 Å². The third-order valence-electron chi connectivity index (χ3n) is 2.65. The Morgan fingerprint density at radius 1 is 1.11 bits per heavy atom. The molecule has 0 amide bonds. The van der Waals surface area contributed by atoms with E-state index in [-0.39, 0.29) is 5.82 Å². The van der Waals surface area contributed by atoms with E-state index in [1.807, 2.05) is 35.2 Å². The molecule has 0 spiro atoms. The monoisotopic (exact) mass is 245 g/mol. The second kappa shape index (κ2) is 6.12. The highest BCUT2D eigenvalue weighted by Gasteiger charge is 2.12. The number of halogens is 1. The second-order valence-electron chi connectivity index (χ2n) is 4.00. The van der Waals surface area contributed by atoms with E-state index in [1.165, 1.54) is 6.07 Å². The highest BCUT2D eigenvalue weighted by Crippen LogP contribution is 2.17. The maximum Gasteiger partial charge on any atom is 0.165 e. The Balaban J connectivity index is 2.21. The first-order valence-electron chi connectivity index (χ1n) is 5.90. The molecule has 1 aromatic carbocycles. The maximum absolute atomic E-state index is 13.7. The predicted molar refractivity (Wildman–Crippen MR) is 70.7 cm³/mol. The van der Waals surface area contributed by atoms with Gasteiger partial charge < -0.3 is 10.6 Å². The molecule has 0 radical (unpaired) electrons. The summed E-state index contributed by atoms with van der Waals surface area (Å²) in [4.78, 5) is 5.94. The quantitative estimate of drug-likeness (QED) is 0.878. The van der Waals surface area contributed by atoms with Crippen molar-refractivity contribution < 1.29 is 4.39 Å². The average molecular weight is 245 g/mol. The third-order valence-corrected chi connectivity index (χ3v) is 2.65. The number of hydrogen-bond acceptors (Lipinski definition) is 3. The van der Waals surface area contributed by atoms with E-state index in [4.69, 9.17) is 5.73 Å². The van der Waals surface area contributed by atoms with Crippen molar-refractivity contribution in [3.8, 4) is 0 Å². The lowest BCUT2D eigenvalue weighted by Crippen LogP contribution is -2.30. The maximum atomic E-state index is 13.7. The van der Waals surface area contributed by atoms with Crippen LogP contribution in [0.2, 0.25) is 0 Å². The topological polar surface area (TPSA) is 42.1 Å². The number of rotatable bonds is 5. The molecule has 1 heterocycles. The molecule has 4 heteroatoms. The Kier molecular flexibility index (Phi) is 4.25. The van der Waals surface area contributed by atoms with Gasteiger partial charge in [0.1, 0.15) is 0 Å². The number of nitrogens with two attached hydrogens (primary N) is 1. The van der Waals surface area contributed by atoms with Gasteiger partial charge in [-0.25, -0.2) is 9.37 Å². The van der Waals surface area contributed by atoms with Crippen LogP contribution in [0, 0.1) is 5.82 Å². The predicted octanol–water partition coefficient (Wildman–Crippen LogP) is 2.19. The highest BCUT2D eigenvalue weighted by molar-refractivity contribution is 5.40. The van der Waals surface area contributed by atoms with Crippen molar-refractivity contribution in [2.75, 3.05) is 18.0 Å². The summed E-state index contributed by atoms with van der Waals surface area (Å²) in [6.45, 7) is 1.64. The van der Waals surface area contributed by atoms with Gasteiger partial charge in [0.25, 0.3) is 0 Å². The molecule has 0 aliphatic heterocycles. The summed E-state index contributed by atoms with van der Waals surface area (Å²) in [6, 6.07) is 12.9. The van der Waals surface area contributed by atoms with E-state index in [2.05, 4.69) is 4.98 Å². The molecular weight excluding hydrogens is 229 g/mol. The zero-order valence-corrected chi connectivity index (χ0v) is 10.1. The van der Waals surface area contributed by atoms with Crippen LogP contribution in [-0.2, 0) is 6.54 Å². The van der Waals surface area contributed by atoms with Gasteiger partial charge in [-0.1, -0.05) is 30.3 Å². The van der Waals surface area contributed by atoms with Crippen molar-refractivity contribution in [2.24, 2.45) is 5.73 Å². The lowest BCUT2D eigenvalue weighted by atomic mass is 10.2. The molecule has 0 saturated heterocycles. The van der Waals surface area contributed by atoms with Gasteiger partial charge in [-0.15, -0.1) is 0 Å². The standard InChI is InChI=1S/C14H16FN3/c15-13-7-4-9-17-14(13)18(10-8-16)11-12-5-2-1-3-6-12/h1-7,9H,8,10-11,16H2. The summed E-state index contributed by atoms with van der Waals surface area (Å²) in [5, 5.41) is 0. The fourth-order valence-electron chi connectivity index (χ4n) is 1.83. The fraction of sp³-hybridized carbons (Fsp3) is 0.214. The Hall–Kier alpha value is -1.94. The molecule has 0 bridgehead atoms. The molecule has 2 rings (SSSR count). The van der Waals surface area contributed by atoms with Gasteiger partial charge in [-0.05, 0) is 17.7 Å². The van der Waals surface area contributed by atoms with Crippen LogP contribution in [0.1, 0.15) is 5.56 Å². The van der Waals surface area contributed by atoms with Gasteiger partial charge in [0, 0.05) is 25.8 Å². The van der Waals surface area contributed by atoms with Crippen LogP contribution in [0.4, 0.5) is 10.2 Å². The van der Waals surface area contributed by atoms with E-state index in [0.29, 0.717) is 25.5 Å². The van der Waals surface area contributed by atoms with E-state index in [0.717, 1.165) is 5.56 Å². The first-order chi connectivity index (χ1) is 8.81. The molecule has 3 nitrogen and oxygen atoms in total. The van der Waals surface area contributed by atoms with Crippen LogP contribution in [-0.4, -0.2) is 18.1 Å². The SMILES string of the molecule is NCCN(Cc1ccccc1)c1ncccc1F. The zero-order chi connectivity index (χ0) is 12.8. The minimum absolute atomic E-state index is 0.318. The number of nitrogens with zero attached hydrogens (tertiary/aromatic N) is 2. The molecule has 1 aromatic heterocycles. The van der Waals surface area contributed by atoms with Crippen molar-refractivity contribution in [3.63, 3.8) is 0 Å². The van der Waals surface area contributed by atoms with Gasteiger partial charge in [-0.3, -0.25) is 0 Å². The molecule has 2 aromatic rings. The third kappa shape index (κ3) is 3.05. The Morgan fingerprint density at radius 2 is 1.89 bits per heavy atom. The summed E-state index contributed by atoms with van der Waals surface area (Å²) in [5.74, 6) is 0.0358. The van der Waals surface area contributed by atoms with E-state index in [1.54, 1.807) is 12.3 Å². The largest absolute Gasteiger partial charge is 0.349 e. The Morgan fingerprint density at radius 3 is 2.56 bits per heavy atom. The summed E-state index contributed by atoms with van der Waals surface area (Å²) >= 11 is 0. The highest BCUT2D eigenvalue weighted by atomic mass is 19.1. The summed E-state index contributed by atoms with van der Waals surface area (Å²) in [7, 11) is 0. The lowest BCUT2D eigenvalue weighted by molar-refractivity contribution is 0.607. The van der Waals surface area contributed by atoms with Crippen LogP contribution in [0.5, 0.6) is 0 Å². The molecule has 0 atom stereocenters. The number of pyridine rings is 1. The first kappa shape index (κ1) is 12.5. The van der Waals surface area contributed by atoms with Crippen LogP contribution >= 0.6 is 0 Å². The second-order valence-corrected chi connectivity index (χ2v) is 4.00. The Labute approximate surface area is 106 Å². The molecule has 0 aliphatic carbocycles. The molecular formula is C14H16FN3. The van der Waals surface area contributed by atoms with Crippen LogP contribution in [0.15, 0.2) is 48.7 Å². The smallest absolute Gasteiger partial charge is 0.165 e. The van der Waals surface area contributed by atoms with Gasteiger partial charge in [0.15, 0.2) is 11.6 Å². The fourth-order valence-corrected chi connectivity index (χ4v) is 1.83. The van der Waals surface area contributed by atoms with Crippen LogP contribution in [0.25, 0.3) is 0 Å². The van der Waals surface area contributed by atoms with Crippen molar-refractivity contribution in [1.29, 1.82) is 0 Å². The number of benzene rings is 1. The summed E-state index contributed by atoms with van der Waals surface area (Å²) in [6.07, 6.45) is 1.59. The number of anilines is 1. The molecule has 0 fully saturated rings. The van der Waals surface area contributed by atoms with Gasteiger partial charge in [-0.2, -0.15) is 0 Å². The summed E-state index contributed by atoms with van der Waals surface area (Å²) in [5.41, 5.74) is 6.69. The molecule has 2 N–H and O–H groups in total. The van der Waals surface area contributed by atoms with Crippen molar-refractivity contribution >= 4 is 5.82 Å². The molecule has 18 heavy (non-hydrogen) atoms. The summed E-state index contributed by atoms with van der Waals surface area (Å²) < 4.78 is 13.7. The molecule has 0 aliphatic rings. The number of hydrogen-bond donors (Lipinski definition) is 1. The normalized spacial score (nSPS) is 10.3. The number of aromatic nitrogens is 1. The van der Waals surface area contributed by atoms with E-state index >= 15 is 0 Å². The van der Waals surface area contributed by atoms with E-state index < -0.39 is 0 Å². The Bertz CT molecular complexity index is 487. The van der Waals surface area contributed by atoms with Crippen molar-refractivity contribution in [3.05, 3.63) is 60.0 Å². The minimum atomic E-state index is -0.318. The molecule has 94 valence electrons. The van der Waals surface area contributed by atoms with Gasteiger partial charge in [0.2, 0.25) is 0 Å². The van der Waals surface area contributed by atoms with Crippen LogP contribution < -0.4 is 10.6 Å². The average Bonchev–Trinajstić information content (AvgIpc) is 2.40. The minimum Gasteiger partial charge on any atom is -0.349 e. The van der Waals surface area contributed by atoms with Gasteiger partial charge >= 0.3 is 0 Å². The zero-order valence-electron chi connectivity index (χ0n) is 10.1. The lowest BCUT2D eigenvalue weighted by Gasteiger charge is -2.23. The van der Waals surface area contributed by atoms with Crippen molar-refractivity contribution in [2.45, 2.75) is 6.54 Å². The first-order valence-corrected chi connectivity index (χ1v) is 5.90. The molecule has 0 saturated carbocycles. The van der Waals surface area contributed by atoms with Gasteiger partial charge in [0.05, 0.1) is 0 Å². The molecule has 0 unspecified atom stereocenters. The van der Waals surface area contributed by atoms with E-state index in [9.17, 15) is 4.39 Å².